The monoisotopic (exact) mass is 239 g/mol. The Bertz CT molecular complexity index is 175. The van der Waals surface area contributed by atoms with E-state index in [9.17, 15) is 4.79 Å². The second kappa shape index (κ2) is 7.57. The average molecular weight is 240 g/mol. The fraction of sp³-hybridized carbons (Fsp3) is 0.875. The van der Waals surface area contributed by atoms with Gasteiger partial charge in [0.1, 0.15) is 0 Å². The molecule has 0 aromatic rings. The first-order valence-electron chi connectivity index (χ1n) is 4.48. The molecule has 13 heavy (non-hydrogen) atoms. The number of aliphatic imine (C=N–C) groups is 1. The SMILES string of the molecule is C[Si](Cl)(Cl)CCCCCCN=C=O. The van der Waals surface area contributed by atoms with E-state index < -0.39 is 6.69 Å². The lowest BCUT2D eigenvalue weighted by atomic mass is 10.2. The summed E-state index contributed by atoms with van der Waals surface area (Å²) in [6.07, 6.45) is 5.77. The van der Waals surface area contributed by atoms with Gasteiger partial charge >= 0.3 is 0 Å². The Hall–Kier alpha value is 0.177. The standard InChI is InChI=1S/C8H15Cl2NOSi/c1-13(9,10)7-5-3-2-4-6-11-8-12/h2-7H2,1H3. The maximum absolute atomic E-state index is 9.70. The molecule has 0 bridgehead atoms. The number of nitrogens with zero attached hydrogens (tertiary/aromatic N) is 1. The van der Waals surface area contributed by atoms with Crippen LogP contribution in [-0.4, -0.2) is 19.3 Å². The highest BCUT2D eigenvalue weighted by Crippen LogP contribution is 2.22. The van der Waals surface area contributed by atoms with Crippen LogP contribution in [0.15, 0.2) is 4.99 Å². The van der Waals surface area contributed by atoms with Crippen LogP contribution in [0.3, 0.4) is 0 Å². The molecule has 0 spiro atoms. The maximum Gasteiger partial charge on any atom is 0.248 e. The third kappa shape index (κ3) is 12.2. The first kappa shape index (κ1) is 13.2. The van der Waals surface area contributed by atoms with Crippen molar-refractivity contribution in [2.45, 2.75) is 38.3 Å². The van der Waals surface area contributed by atoms with Crippen molar-refractivity contribution in [2.75, 3.05) is 6.54 Å². The minimum absolute atomic E-state index is 0.597. The Morgan fingerprint density at radius 2 is 1.85 bits per heavy atom. The Morgan fingerprint density at radius 1 is 1.23 bits per heavy atom. The lowest BCUT2D eigenvalue weighted by Gasteiger charge is -2.08. The van der Waals surface area contributed by atoms with Gasteiger partial charge in [0, 0.05) is 0 Å². The quantitative estimate of drug-likeness (QED) is 0.220. The molecule has 0 saturated carbocycles. The molecule has 0 heterocycles. The summed E-state index contributed by atoms with van der Waals surface area (Å²) in [7, 11) is 0. The number of carbonyl (C=O) groups excluding carboxylic acids is 1. The molecule has 0 amide bonds. The topological polar surface area (TPSA) is 29.4 Å². The Kier molecular flexibility index (Phi) is 7.67. The molecule has 0 unspecified atom stereocenters. The van der Waals surface area contributed by atoms with Crippen molar-refractivity contribution in [1.29, 1.82) is 0 Å². The highest BCUT2D eigenvalue weighted by molar-refractivity contribution is 7.44. The molecule has 5 heteroatoms. The van der Waals surface area contributed by atoms with Crippen LogP contribution < -0.4 is 0 Å². The summed E-state index contributed by atoms with van der Waals surface area (Å²) in [5.74, 6) is 0. The fourth-order valence-corrected chi connectivity index (χ4v) is 2.70. The van der Waals surface area contributed by atoms with Gasteiger partial charge in [-0.15, -0.1) is 22.2 Å². The number of unbranched alkanes of at least 4 members (excludes halogenated alkanes) is 3. The molecular weight excluding hydrogens is 225 g/mol. The lowest BCUT2D eigenvalue weighted by Crippen LogP contribution is -2.11. The summed E-state index contributed by atoms with van der Waals surface area (Å²) < 4.78 is 0. The zero-order chi connectivity index (χ0) is 10.2. The molecule has 0 fully saturated rings. The number of isocyanates is 1. The first-order chi connectivity index (χ1) is 6.06. The van der Waals surface area contributed by atoms with Crippen molar-refractivity contribution >= 4 is 34.9 Å². The summed E-state index contributed by atoms with van der Waals surface area (Å²) in [6.45, 7) is 0.661. The Labute approximate surface area is 89.7 Å². The van der Waals surface area contributed by atoms with Crippen LogP contribution in [0.2, 0.25) is 12.6 Å². The van der Waals surface area contributed by atoms with Gasteiger partial charge in [-0.1, -0.05) is 19.3 Å². The molecule has 76 valence electrons. The van der Waals surface area contributed by atoms with Gasteiger partial charge in [-0.25, -0.2) is 9.79 Å². The van der Waals surface area contributed by atoms with E-state index in [-0.39, 0.29) is 0 Å². The third-order valence-corrected chi connectivity index (χ3v) is 4.07. The normalized spacial score (nSPS) is 11.0. The van der Waals surface area contributed by atoms with Gasteiger partial charge in [0.25, 0.3) is 0 Å². The van der Waals surface area contributed by atoms with Gasteiger partial charge in [0.15, 0.2) is 0 Å². The van der Waals surface area contributed by atoms with E-state index in [1.165, 1.54) is 6.08 Å². The predicted molar refractivity (Wildman–Crippen MR) is 59.6 cm³/mol. The van der Waals surface area contributed by atoms with Crippen LogP contribution in [0.25, 0.3) is 0 Å². The van der Waals surface area contributed by atoms with Crippen LogP contribution in [0, 0.1) is 0 Å². The van der Waals surface area contributed by atoms with Gasteiger partial charge in [0.2, 0.25) is 12.8 Å². The summed E-state index contributed by atoms with van der Waals surface area (Å²) >= 11 is 11.9. The maximum atomic E-state index is 9.70. The highest BCUT2D eigenvalue weighted by Gasteiger charge is 2.19. The van der Waals surface area contributed by atoms with E-state index in [4.69, 9.17) is 22.2 Å². The van der Waals surface area contributed by atoms with Crippen molar-refractivity contribution < 1.29 is 4.79 Å². The van der Waals surface area contributed by atoms with Crippen LogP contribution in [0.5, 0.6) is 0 Å². The smallest absolute Gasteiger partial charge is 0.211 e. The van der Waals surface area contributed by atoms with Gasteiger partial charge in [0.05, 0.1) is 6.54 Å². The van der Waals surface area contributed by atoms with E-state index in [0.29, 0.717) is 6.54 Å². The van der Waals surface area contributed by atoms with Crippen LogP contribution in [-0.2, 0) is 4.79 Å². The fourth-order valence-electron chi connectivity index (χ4n) is 1.03. The van der Waals surface area contributed by atoms with Crippen molar-refractivity contribution in [3.05, 3.63) is 0 Å². The molecule has 0 aliphatic rings. The number of halogens is 2. The van der Waals surface area contributed by atoms with Crippen LogP contribution in [0.4, 0.5) is 0 Å². The van der Waals surface area contributed by atoms with Crippen molar-refractivity contribution in [1.82, 2.24) is 0 Å². The molecule has 0 radical (unpaired) electrons. The molecule has 0 rings (SSSR count). The van der Waals surface area contributed by atoms with Crippen LogP contribution in [0.1, 0.15) is 25.7 Å². The largest absolute Gasteiger partial charge is 0.248 e. The number of hydrogen-bond donors (Lipinski definition) is 0. The van der Waals surface area contributed by atoms with E-state index >= 15 is 0 Å². The van der Waals surface area contributed by atoms with Crippen LogP contribution >= 0.6 is 22.2 Å². The minimum atomic E-state index is -1.87. The zero-order valence-electron chi connectivity index (χ0n) is 7.85. The minimum Gasteiger partial charge on any atom is -0.211 e. The average Bonchev–Trinajstić information content (AvgIpc) is 2.01. The highest BCUT2D eigenvalue weighted by atomic mass is 35.7. The summed E-state index contributed by atoms with van der Waals surface area (Å²) in [5, 5.41) is 0. The predicted octanol–water partition coefficient (Wildman–Crippen LogP) is 3.43. The Balaban J connectivity index is 3.13. The van der Waals surface area contributed by atoms with E-state index in [2.05, 4.69) is 4.99 Å². The molecule has 0 N–H and O–H groups in total. The van der Waals surface area contributed by atoms with E-state index in [1.54, 1.807) is 0 Å². The second-order valence-electron chi connectivity index (χ2n) is 3.21. The molecule has 2 nitrogen and oxygen atoms in total. The second-order valence-corrected chi connectivity index (χ2v) is 11.4. The summed E-state index contributed by atoms with van der Waals surface area (Å²) in [4.78, 5) is 13.2. The first-order valence-corrected chi connectivity index (χ1v) is 9.21. The van der Waals surface area contributed by atoms with Crippen molar-refractivity contribution in [2.24, 2.45) is 4.99 Å². The molecule has 0 aliphatic carbocycles. The van der Waals surface area contributed by atoms with Gasteiger partial charge < -0.3 is 0 Å². The molecular formula is C8H15Cl2NOSi. The van der Waals surface area contributed by atoms with Gasteiger partial charge in [-0.05, 0) is 19.0 Å². The lowest BCUT2D eigenvalue weighted by molar-refractivity contribution is 0.561. The molecule has 0 atom stereocenters. The number of hydrogen-bond acceptors (Lipinski definition) is 2. The van der Waals surface area contributed by atoms with Crippen molar-refractivity contribution in [3.63, 3.8) is 0 Å². The summed E-state index contributed by atoms with van der Waals surface area (Å²) in [5.41, 5.74) is 0. The van der Waals surface area contributed by atoms with Gasteiger partial charge in [-0.2, -0.15) is 0 Å². The third-order valence-electron chi connectivity index (χ3n) is 1.70. The summed E-state index contributed by atoms with van der Waals surface area (Å²) in [6, 6.07) is 0.951. The molecule has 0 aliphatic heterocycles. The molecule has 0 aromatic heterocycles. The van der Waals surface area contributed by atoms with E-state index in [1.807, 2.05) is 6.55 Å². The Morgan fingerprint density at radius 3 is 2.38 bits per heavy atom. The zero-order valence-corrected chi connectivity index (χ0v) is 10.4. The molecule has 0 saturated heterocycles. The van der Waals surface area contributed by atoms with Crippen molar-refractivity contribution in [3.8, 4) is 0 Å². The molecule has 0 aromatic carbocycles. The van der Waals surface area contributed by atoms with E-state index in [0.717, 1.165) is 31.7 Å². The van der Waals surface area contributed by atoms with Gasteiger partial charge in [-0.3, -0.25) is 0 Å². The number of rotatable bonds is 7.